The summed E-state index contributed by atoms with van der Waals surface area (Å²) in [7, 11) is 14.3. The Bertz CT molecular complexity index is 679. The van der Waals surface area contributed by atoms with Crippen molar-refractivity contribution in [3.63, 3.8) is 0 Å². The zero-order chi connectivity index (χ0) is 22.7. The van der Waals surface area contributed by atoms with Gasteiger partial charge in [-0.3, -0.25) is 23.4 Å². The highest BCUT2D eigenvalue weighted by Gasteiger charge is 2.31. The topological polar surface area (TPSA) is 65.6 Å². The monoisotopic (exact) mass is 475 g/mol. The Labute approximate surface area is 175 Å². The van der Waals surface area contributed by atoms with Gasteiger partial charge in [0.25, 0.3) is 0 Å². The summed E-state index contributed by atoms with van der Waals surface area (Å²) in [6.45, 7) is 8.83. The van der Waals surface area contributed by atoms with E-state index in [2.05, 4.69) is 120 Å². The molecule has 0 N–H and O–H groups in total. The van der Waals surface area contributed by atoms with Gasteiger partial charge in [0, 0.05) is 14.3 Å². The number of rotatable bonds is 8. The number of hydrogen-bond donors (Lipinski definition) is 0. The first-order chi connectivity index (χ1) is 12.4. The maximum absolute atomic E-state index is 5.42. The summed E-state index contributed by atoms with van der Waals surface area (Å²) in [4.78, 5) is 0. The molecule has 0 aromatic rings. The van der Waals surface area contributed by atoms with Gasteiger partial charge in [-0.25, -0.2) is 9.26 Å². The van der Waals surface area contributed by atoms with Crippen LogP contribution in [-0.4, -0.2) is 128 Å². The van der Waals surface area contributed by atoms with Gasteiger partial charge in [-0.2, -0.15) is 9.03 Å². The minimum absolute atomic E-state index is 1.76. The highest BCUT2D eigenvalue weighted by molar-refractivity contribution is 7.81. The molecule has 0 amide bonds. The molecule has 0 bridgehead atoms. The third-order valence-corrected chi connectivity index (χ3v) is 21.1. The van der Waals surface area contributed by atoms with Crippen molar-refractivity contribution in [3.8, 4) is 0 Å². The van der Waals surface area contributed by atoms with Crippen LogP contribution in [0.5, 0.6) is 0 Å². The fourth-order valence-corrected chi connectivity index (χ4v) is 15.0. The van der Waals surface area contributed by atoms with Crippen LogP contribution in [-0.2, 0) is 0 Å². The van der Waals surface area contributed by atoms with Gasteiger partial charge in [-0.05, 0) is 97.1 Å². The summed E-state index contributed by atoms with van der Waals surface area (Å²) in [6.07, 6.45) is 0. The molecule has 0 heterocycles. The van der Waals surface area contributed by atoms with Crippen LogP contribution >= 0.6 is 29.4 Å². The van der Waals surface area contributed by atoms with Gasteiger partial charge in [-0.15, -0.1) is 0 Å². The standard InChI is InChI=1S/C15H45N9P4/c1-16-28(17-25(12,13)20(2)3,18-26(14,21(4)5)22(6)7)19-27(15,23(8)9)24(10)11/h1-15H3. The van der Waals surface area contributed by atoms with Crippen LogP contribution in [0.25, 0.3) is 0 Å². The zero-order valence-corrected chi connectivity index (χ0v) is 24.4. The van der Waals surface area contributed by atoms with E-state index in [-0.39, 0.29) is 0 Å². The Morgan fingerprint density at radius 2 is 0.750 bits per heavy atom. The van der Waals surface area contributed by atoms with Crippen molar-refractivity contribution in [1.82, 2.24) is 23.4 Å². The Morgan fingerprint density at radius 3 is 0.929 bits per heavy atom. The molecule has 28 heavy (non-hydrogen) atoms. The van der Waals surface area contributed by atoms with Crippen LogP contribution in [0, 0.1) is 0 Å². The van der Waals surface area contributed by atoms with Crippen LogP contribution in [0.4, 0.5) is 0 Å². The normalized spacial score (nSPS) is 14.4. The predicted molar refractivity (Wildman–Crippen MR) is 135 cm³/mol. The molecule has 0 aliphatic rings. The molecule has 0 saturated heterocycles. The first-order valence-electron chi connectivity index (χ1n) is 9.11. The lowest BCUT2D eigenvalue weighted by atomic mass is 11.3. The van der Waals surface area contributed by atoms with E-state index >= 15 is 0 Å². The molecule has 0 atom stereocenters. The third kappa shape index (κ3) is 6.61. The fraction of sp³-hybridized carbons (Fsp3) is 1.00. The molecule has 0 aliphatic heterocycles. The Kier molecular flexibility index (Phi) is 10.6. The van der Waals surface area contributed by atoms with Crippen LogP contribution in [0.3, 0.4) is 0 Å². The molecule has 13 heteroatoms. The minimum atomic E-state index is -2.67. The van der Waals surface area contributed by atoms with Crippen molar-refractivity contribution in [2.24, 2.45) is 18.3 Å². The molecule has 0 fully saturated rings. The van der Waals surface area contributed by atoms with E-state index in [1.807, 2.05) is 7.05 Å². The number of hydrogen-bond acceptors (Lipinski definition) is 1. The molecule has 0 rings (SSSR count). The maximum atomic E-state index is 5.42. The molecule has 0 unspecified atom stereocenters. The molecule has 0 saturated carbocycles. The van der Waals surface area contributed by atoms with Crippen molar-refractivity contribution in [2.75, 3.05) is 104 Å². The van der Waals surface area contributed by atoms with E-state index < -0.39 is 29.4 Å². The van der Waals surface area contributed by atoms with E-state index in [0.29, 0.717) is 0 Å². The van der Waals surface area contributed by atoms with Gasteiger partial charge >= 0.3 is 7.51 Å². The lowest BCUT2D eigenvalue weighted by Crippen LogP contribution is -2.21. The third-order valence-electron chi connectivity index (χ3n) is 5.20. The second kappa shape index (κ2) is 10.4. The lowest BCUT2D eigenvalue weighted by Gasteiger charge is -2.38. The smallest absolute Gasteiger partial charge is 0.276 e. The van der Waals surface area contributed by atoms with E-state index in [4.69, 9.17) is 18.3 Å². The SMILES string of the molecule is CN=P(N=P(C)(C)N(C)C)(N=P(C)(N(C)C)N(C)C)N=P(C)(N(C)C)N(C)C. The van der Waals surface area contributed by atoms with Gasteiger partial charge in [0.1, 0.15) is 14.7 Å². The quantitative estimate of drug-likeness (QED) is 0.459. The van der Waals surface area contributed by atoms with Gasteiger partial charge in [0.05, 0.1) is 0 Å². The lowest BCUT2D eigenvalue weighted by molar-refractivity contribution is 0.566. The predicted octanol–water partition coefficient (Wildman–Crippen LogP) is 5.07. The number of nitrogens with zero attached hydrogens (tertiary/aromatic N) is 9. The molecule has 0 aliphatic carbocycles. The van der Waals surface area contributed by atoms with E-state index in [1.54, 1.807) is 0 Å². The summed E-state index contributed by atoms with van der Waals surface area (Å²) in [5.74, 6) is 0. The van der Waals surface area contributed by atoms with Gasteiger partial charge in [0.2, 0.25) is 0 Å². The molecule has 0 radical (unpaired) electrons. The van der Waals surface area contributed by atoms with Crippen LogP contribution in [0.1, 0.15) is 0 Å². The van der Waals surface area contributed by atoms with E-state index in [0.717, 1.165) is 0 Å². The van der Waals surface area contributed by atoms with Gasteiger partial charge in [-0.1, -0.05) is 0 Å². The summed E-state index contributed by atoms with van der Waals surface area (Å²) < 4.78 is 32.1. The largest absolute Gasteiger partial charge is 0.301 e. The average Bonchev–Trinajstić information content (AvgIpc) is 2.53. The van der Waals surface area contributed by atoms with Crippen LogP contribution in [0.2, 0.25) is 0 Å². The Hall–Kier alpha value is 0.720. The molecule has 170 valence electrons. The summed E-state index contributed by atoms with van der Waals surface area (Å²) in [5.41, 5.74) is 0. The summed E-state index contributed by atoms with van der Waals surface area (Å²) in [6, 6.07) is 0. The highest BCUT2D eigenvalue weighted by Crippen LogP contribution is 2.74. The summed E-state index contributed by atoms with van der Waals surface area (Å²) in [5, 5.41) is 0. The fourth-order valence-electron chi connectivity index (χ4n) is 2.04. The van der Waals surface area contributed by atoms with Crippen molar-refractivity contribution < 1.29 is 0 Å². The highest BCUT2D eigenvalue weighted by atomic mass is 31.2. The Morgan fingerprint density at radius 1 is 0.464 bits per heavy atom. The maximum Gasteiger partial charge on any atom is 0.301 e. The first-order valence-corrected chi connectivity index (χ1v) is 17.5. The minimum Gasteiger partial charge on any atom is -0.276 e. The molecule has 0 aromatic heterocycles. The second-order valence-electron chi connectivity index (χ2n) is 8.31. The van der Waals surface area contributed by atoms with Crippen LogP contribution < -0.4 is 0 Å². The van der Waals surface area contributed by atoms with Gasteiger partial charge < -0.3 is 0 Å². The molecular weight excluding hydrogens is 430 g/mol. The average molecular weight is 475 g/mol. The molecule has 9 nitrogen and oxygen atoms in total. The molecule has 0 spiro atoms. The Balaban J connectivity index is 7.59. The van der Waals surface area contributed by atoms with Gasteiger partial charge in [0.15, 0.2) is 0 Å². The van der Waals surface area contributed by atoms with Crippen molar-refractivity contribution in [1.29, 1.82) is 0 Å². The molecular formula is C15H45N9P4. The summed E-state index contributed by atoms with van der Waals surface area (Å²) >= 11 is 0. The van der Waals surface area contributed by atoms with Crippen molar-refractivity contribution >= 4 is 29.4 Å². The van der Waals surface area contributed by atoms with Crippen LogP contribution in [0.15, 0.2) is 18.3 Å². The molecule has 0 aromatic carbocycles. The first kappa shape index (κ1) is 28.7. The van der Waals surface area contributed by atoms with Crippen molar-refractivity contribution in [3.05, 3.63) is 0 Å². The zero-order valence-electron chi connectivity index (χ0n) is 20.8. The second-order valence-corrected chi connectivity index (χ2v) is 22.1. The van der Waals surface area contributed by atoms with E-state index in [1.165, 1.54) is 0 Å². The van der Waals surface area contributed by atoms with Crippen molar-refractivity contribution in [2.45, 2.75) is 0 Å². The van der Waals surface area contributed by atoms with E-state index in [9.17, 15) is 0 Å².